The van der Waals surface area contributed by atoms with Crippen LogP contribution >= 0.6 is 12.2 Å². The molecule has 0 aliphatic heterocycles. The molecule has 2 N–H and O–H groups in total. The molecule has 0 atom stereocenters. The first-order valence-corrected chi connectivity index (χ1v) is 7.49. The van der Waals surface area contributed by atoms with Gasteiger partial charge in [0.25, 0.3) is 0 Å². The minimum Gasteiger partial charge on any atom is -0.493 e. The van der Waals surface area contributed by atoms with Gasteiger partial charge in [-0.1, -0.05) is 36.5 Å². The van der Waals surface area contributed by atoms with E-state index in [9.17, 15) is 0 Å². The maximum atomic E-state index is 5.62. The summed E-state index contributed by atoms with van der Waals surface area (Å²) in [5.41, 5.74) is 9.48. The summed E-state index contributed by atoms with van der Waals surface area (Å²) < 4.78 is 12.7. The fourth-order valence-electron chi connectivity index (χ4n) is 2.48. The maximum Gasteiger partial charge on any atom is 0.163 e. The van der Waals surface area contributed by atoms with Gasteiger partial charge in [-0.15, -0.1) is 0 Å². The van der Waals surface area contributed by atoms with Gasteiger partial charge in [-0.2, -0.15) is 0 Å². The number of methoxy groups -OCH3 is 2. The van der Waals surface area contributed by atoms with E-state index < -0.39 is 0 Å². The van der Waals surface area contributed by atoms with E-state index in [1.165, 1.54) is 0 Å². The van der Waals surface area contributed by atoms with Crippen molar-refractivity contribution in [2.24, 2.45) is 5.73 Å². The summed E-state index contributed by atoms with van der Waals surface area (Å²) in [6.07, 6.45) is 1.81. The number of nitrogens with two attached hydrogens (primary N) is 1. The predicted octanol–water partition coefficient (Wildman–Crippen LogP) is 2.74. The fourth-order valence-corrected chi connectivity index (χ4v) is 2.62. The molecule has 0 aliphatic carbocycles. The van der Waals surface area contributed by atoms with Crippen LogP contribution in [0.5, 0.6) is 11.5 Å². The summed E-state index contributed by atoms with van der Waals surface area (Å²) in [7, 11) is 3.24. The number of thiocarbonyl (C=S) groups is 1. The van der Waals surface area contributed by atoms with Gasteiger partial charge < -0.3 is 19.8 Å². The molecule has 3 rings (SSSR count). The van der Waals surface area contributed by atoms with Crippen molar-refractivity contribution in [3.05, 3.63) is 53.9 Å². The van der Waals surface area contributed by atoms with Crippen molar-refractivity contribution in [2.45, 2.75) is 6.54 Å². The standard InChI is InChI=1S/C17H17N3O2S/c1-21-15-7-13-14(8-16(15)22-2)20(10-19-13)9-11-3-5-12(6-4-11)17(18)23/h3-8,10H,9H2,1-2H3,(H2,18,23). The highest BCUT2D eigenvalue weighted by Gasteiger charge is 2.10. The molecule has 5 nitrogen and oxygen atoms in total. The molecule has 0 spiro atoms. The number of hydrogen-bond donors (Lipinski definition) is 1. The summed E-state index contributed by atoms with van der Waals surface area (Å²) in [5.74, 6) is 1.36. The van der Waals surface area contributed by atoms with Crippen molar-refractivity contribution in [1.29, 1.82) is 0 Å². The highest BCUT2D eigenvalue weighted by molar-refractivity contribution is 7.80. The molecule has 0 amide bonds. The first-order valence-electron chi connectivity index (χ1n) is 7.08. The lowest BCUT2D eigenvalue weighted by atomic mass is 10.1. The quantitative estimate of drug-likeness (QED) is 0.730. The van der Waals surface area contributed by atoms with Crippen molar-refractivity contribution >= 4 is 28.2 Å². The Morgan fingerprint density at radius 2 is 1.78 bits per heavy atom. The van der Waals surface area contributed by atoms with E-state index in [4.69, 9.17) is 27.4 Å². The van der Waals surface area contributed by atoms with Crippen molar-refractivity contribution in [2.75, 3.05) is 14.2 Å². The molecule has 3 aromatic rings. The lowest BCUT2D eigenvalue weighted by Gasteiger charge is -2.09. The second-order valence-electron chi connectivity index (χ2n) is 5.13. The number of hydrogen-bond acceptors (Lipinski definition) is 4. The zero-order valence-corrected chi connectivity index (χ0v) is 13.8. The third-order valence-corrected chi connectivity index (χ3v) is 3.95. The van der Waals surface area contributed by atoms with Gasteiger partial charge in [-0.05, 0) is 5.56 Å². The molecule has 0 aliphatic rings. The van der Waals surface area contributed by atoms with Gasteiger partial charge >= 0.3 is 0 Å². The van der Waals surface area contributed by atoms with Crippen molar-refractivity contribution in [1.82, 2.24) is 9.55 Å². The average Bonchev–Trinajstić information content (AvgIpc) is 2.96. The Bertz CT molecular complexity index is 856. The van der Waals surface area contributed by atoms with Gasteiger partial charge in [-0.3, -0.25) is 0 Å². The largest absolute Gasteiger partial charge is 0.493 e. The molecular formula is C17H17N3O2S. The molecule has 0 fully saturated rings. The van der Waals surface area contributed by atoms with Crippen LogP contribution in [0.2, 0.25) is 0 Å². The monoisotopic (exact) mass is 327 g/mol. The van der Waals surface area contributed by atoms with Crippen molar-refractivity contribution in [3.8, 4) is 11.5 Å². The van der Waals surface area contributed by atoms with Crippen LogP contribution in [0.25, 0.3) is 11.0 Å². The van der Waals surface area contributed by atoms with Crippen molar-refractivity contribution < 1.29 is 9.47 Å². The maximum absolute atomic E-state index is 5.62. The number of imidazole rings is 1. The van der Waals surface area contributed by atoms with E-state index in [1.54, 1.807) is 14.2 Å². The zero-order chi connectivity index (χ0) is 16.4. The van der Waals surface area contributed by atoms with Crippen LogP contribution in [-0.4, -0.2) is 28.8 Å². The second kappa shape index (κ2) is 6.26. The molecule has 0 saturated heterocycles. The summed E-state index contributed by atoms with van der Waals surface area (Å²) in [4.78, 5) is 4.84. The van der Waals surface area contributed by atoms with Crippen LogP contribution in [0.1, 0.15) is 11.1 Å². The number of aromatic nitrogens is 2. The minimum atomic E-state index is 0.404. The van der Waals surface area contributed by atoms with Gasteiger partial charge in [0.05, 0.1) is 31.6 Å². The fraction of sp³-hybridized carbons (Fsp3) is 0.176. The van der Waals surface area contributed by atoms with Crippen molar-refractivity contribution in [3.63, 3.8) is 0 Å². The molecular weight excluding hydrogens is 310 g/mol. The van der Waals surface area contributed by atoms with E-state index in [1.807, 2.05) is 42.7 Å². The Labute approximate surface area is 139 Å². The lowest BCUT2D eigenvalue weighted by Crippen LogP contribution is -2.09. The number of benzene rings is 2. The smallest absolute Gasteiger partial charge is 0.163 e. The van der Waals surface area contributed by atoms with Crippen LogP contribution in [0.4, 0.5) is 0 Å². The highest BCUT2D eigenvalue weighted by Crippen LogP contribution is 2.31. The topological polar surface area (TPSA) is 62.3 Å². The van der Waals surface area contributed by atoms with Crippen LogP contribution in [0.15, 0.2) is 42.7 Å². The average molecular weight is 327 g/mol. The summed E-state index contributed by atoms with van der Waals surface area (Å²) in [6.45, 7) is 0.698. The van der Waals surface area contributed by atoms with E-state index in [-0.39, 0.29) is 0 Å². The van der Waals surface area contributed by atoms with Gasteiger partial charge in [-0.25, -0.2) is 4.98 Å². The number of rotatable bonds is 5. The predicted molar refractivity (Wildman–Crippen MR) is 94.3 cm³/mol. The summed E-state index contributed by atoms with van der Waals surface area (Å²) in [6, 6.07) is 11.7. The van der Waals surface area contributed by atoms with Gasteiger partial charge in [0.15, 0.2) is 11.5 Å². The minimum absolute atomic E-state index is 0.404. The first-order chi connectivity index (χ1) is 11.1. The Morgan fingerprint density at radius 3 is 2.39 bits per heavy atom. The van der Waals surface area contributed by atoms with Gasteiger partial charge in [0.1, 0.15) is 4.99 Å². The normalized spacial score (nSPS) is 10.7. The Kier molecular flexibility index (Phi) is 4.16. The zero-order valence-electron chi connectivity index (χ0n) is 12.9. The second-order valence-corrected chi connectivity index (χ2v) is 5.57. The Morgan fingerprint density at radius 1 is 1.13 bits per heavy atom. The first kappa shape index (κ1) is 15.3. The van der Waals surface area contributed by atoms with Gasteiger partial charge in [0, 0.05) is 24.2 Å². The number of nitrogens with zero attached hydrogens (tertiary/aromatic N) is 2. The SMILES string of the molecule is COc1cc2ncn(Cc3ccc(C(N)=S)cc3)c2cc1OC. The van der Waals surface area contributed by atoms with E-state index in [0.717, 1.165) is 22.2 Å². The third kappa shape index (κ3) is 2.98. The number of fused-ring (bicyclic) bond motifs is 1. The molecule has 2 aromatic carbocycles. The molecule has 118 valence electrons. The summed E-state index contributed by atoms with van der Waals surface area (Å²) in [5, 5.41) is 0. The third-order valence-electron chi connectivity index (χ3n) is 3.72. The molecule has 23 heavy (non-hydrogen) atoms. The number of ether oxygens (including phenoxy) is 2. The van der Waals surface area contributed by atoms with Crippen LogP contribution in [0.3, 0.4) is 0 Å². The van der Waals surface area contributed by atoms with E-state index >= 15 is 0 Å². The van der Waals surface area contributed by atoms with Gasteiger partial charge in [0.2, 0.25) is 0 Å². The highest BCUT2D eigenvalue weighted by atomic mass is 32.1. The molecule has 0 radical (unpaired) electrons. The molecule has 0 unspecified atom stereocenters. The molecule has 1 heterocycles. The van der Waals surface area contributed by atoms with Crippen LogP contribution in [0, 0.1) is 0 Å². The Balaban J connectivity index is 1.95. The van der Waals surface area contributed by atoms with Crippen LogP contribution < -0.4 is 15.2 Å². The molecule has 6 heteroatoms. The summed E-state index contributed by atoms with van der Waals surface area (Å²) >= 11 is 4.97. The van der Waals surface area contributed by atoms with E-state index in [2.05, 4.69) is 9.55 Å². The van der Waals surface area contributed by atoms with Crippen LogP contribution in [-0.2, 0) is 6.54 Å². The lowest BCUT2D eigenvalue weighted by molar-refractivity contribution is 0.355. The molecule has 1 aromatic heterocycles. The molecule has 0 bridgehead atoms. The van der Waals surface area contributed by atoms with E-state index in [0.29, 0.717) is 23.0 Å². The molecule has 0 saturated carbocycles. The Hall–Kier alpha value is -2.60.